The van der Waals surface area contributed by atoms with E-state index in [1.54, 1.807) is 14.2 Å². The first-order chi connectivity index (χ1) is 14.6. The molecule has 3 aromatic rings. The smallest absolute Gasteiger partial charge is 0.161 e. The number of hydrogen-bond acceptors (Lipinski definition) is 5. The highest BCUT2D eigenvalue weighted by atomic mass is 16.5. The molecule has 0 radical (unpaired) electrons. The average Bonchev–Trinajstić information content (AvgIpc) is 2.78. The standard InChI is InChI=1S/C25H29NO4/c1-26(16-19-9-14-24(28-2)25(15-19)29-3)17-22(27)18-30-23-12-10-21(11-13-23)20-7-5-4-6-8-20/h4-15,22,27H,16-18H2,1-3H3/t22-/m1/s1. The molecule has 0 fully saturated rings. The van der Waals surface area contributed by atoms with Gasteiger partial charge in [0, 0.05) is 13.1 Å². The van der Waals surface area contributed by atoms with Crippen LogP contribution >= 0.6 is 0 Å². The summed E-state index contributed by atoms with van der Waals surface area (Å²) >= 11 is 0. The lowest BCUT2D eigenvalue weighted by Gasteiger charge is -2.21. The summed E-state index contributed by atoms with van der Waals surface area (Å²) in [6, 6.07) is 24.0. The Labute approximate surface area is 178 Å². The van der Waals surface area contributed by atoms with E-state index in [-0.39, 0.29) is 6.61 Å². The molecule has 0 saturated heterocycles. The van der Waals surface area contributed by atoms with Crippen molar-refractivity contribution in [1.82, 2.24) is 4.90 Å². The Morgan fingerprint density at radius 3 is 2.17 bits per heavy atom. The molecule has 3 rings (SSSR count). The van der Waals surface area contributed by atoms with Crippen LogP contribution in [-0.4, -0.2) is 50.5 Å². The van der Waals surface area contributed by atoms with Crippen LogP contribution in [0, 0.1) is 0 Å². The molecule has 5 heteroatoms. The minimum atomic E-state index is -0.594. The van der Waals surface area contributed by atoms with Gasteiger partial charge in [0.1, 0.15) is 18.5 Å². The number of likely N-dealkylation sites (N-methyl/N-ethyl adjacent to an activating group) is 1. The summed E-state index contributed by atoms with van der Waals surface area (Å²) in [5, 5.41) is 10.4. The van der Waals surface area contributed by atoms with E-state index < -0.39 is 6.10 Å². The van der Waals surface area contributed by atoms with Gasteiger partial charge in [0.05, 0.1) is 14.2 Å². The Morgan fingerprint density at radius 1 is 0.833 bits per heavy atom. The molecule has 0 spiro atoms. The van der Waals surface area contributed by atoms with Gasteiger partial charge in [-0.15, -0.1) is 0 Å². The summed E-state index contributed by atoms with van der Waals surface area (Å²) < 4.78 is 16.4. The van der Waals surface area contributed by atoms with Gasteiger partial charge < -0.3 is 19.3 Å². The highest BCUT2D eigenvalue weighted by Gasteiger charge is 2.12. The van der Waals surface area contributed by atoms with E-state index in [0.717, 1.165) is 16.9 Å². The third kappa shape index (κ3) is 5.99. The second-order valence-corrected chi connectivity index (χ2v) is 7.24. The molecule has 0 bridgehead atoms. The van der Waals surface area contributed by atoms with Crippen molar-refractivity contribution in [2.75, 3.05) is 34.4 Å². The largest absolute Gasteiger partial charge is 0.493 e. The van der Waals surface area contributed by atoms with Crippen LogP contribution in [0.2, 0.25) is 0 Å². The van der Waals surface area contributed by atoms with E-state index in [4.69, 9.17) is 14.2 Å². The molecule has 0 aromatic heterocycles. The second-order valence-electron chi connectivity index (χ2n) is 7.24. The number of aliphatic hydroxyl groups excluding tert-OH is 1. The van der Waals surface area contributed by atoms with Crippen LogP contribution in [0.1, 0.15) is 5.56 Å². The molecule has 0 aliphatic carbocycles. The summed E-state index contributed by atoms with van der Waals surface area (Å²) in [5.41, 5.74) is 3.39. The van der Waals surface area contributed by atoms with Gasteiger partial charge in [0.15, 0.2) is 11.5 Å². The van der Waals surface area contributed by atoms with E-state index in [1.807, 2.05) is 72.6 Å². The third-order valence-corrected chi connectivity index (χ3v) is 4.83. The predicted octanol–water partition coefficient (Wildman–Crippen LogP) is 4.24. The average molecular weight is 408 g/mol. The molecule has 0 saturated carbocycles. The van der Waals surface area contributed by atoms with E-state index >= 15 is 0 Å². The maximum atomic E-state index is 10.4. The van der Waals surface area contributed by atoms with Crippen molar-refractivity contribution < 1.29 is 19.3 Å². The van der Waals surface area contributed by atoms with Crippen molar-refractivity contribution in [2.24, 2.45) is 0 Å². The van der Waals surface area contributed by atoms with Gasteiger partial charge in [-0.2, -0.15) is 0 Å². The van der Waals surface area contributed by atoms with Gasteiger partial charge >= 0.3 is 0 Å². The molecule has 1 N–H and O–H groups in total. The van der Waals surface area contributed by atoms with Crippen molar-refractivity contribution >= 4 is 0 Å². The summed E-state index contributed by atoms with van der Waals surface area (Å²) in [4.78, 5) is 2.05. The molecule has 1 atom stereocenters. The lowest BCUT2D eigenvalue weighted by atomic mass is 10.1. The van der Waals surface area contributed by atoms with Crippen LogP contribution in [0.5, 0.6) is 17.2 Å². The fourth-order valence-corrected chi connectivity index (χ4v) is 3.33. The lowest BCUT2D eigenvalue weighted by Crippen LogP contribution is -2.32. The lowest BCUT2D eigenvalue weighted by molar-refractivity contribution is 0.0744. The number of nitrogens with zero attached hydrogens (tertiary/aromatic N) is 1. The second kappa shape index (κ2) is 10.7. The highest BCUT2D eigenvalue weighted by Crippen LogP contribution is 2.28. The van der Waals surface area contributed by atoms with Crippen LogP contribution in [0.15, 0.2) is 72.8 Å². The maximum Gasteiger partial charge on any atom is 0.161 e. The fraction of sp³-hybridized carbons (Fsp3) is 0.280. The Kier molecular flexibility index (Phi) is 7.71. The van der Waals surface area contributed by atoms with Crippen LogP contribution in [0.25, 0.3) is 11.1 Å². The predicted molar refractivity (Wildman–Crippen MR) is 119 cm³/mol. The first-order valence-corrected chi connectivity index (χ1v) is 9.95. The summed E-state index contributed by atoms with van der Waals surface area (Å²) in [5.74, 6) is 2.15. The quantitative estimate of drug-likeness (QED) is 0.545. The van der Waals surface area contributed by atoms with Crippen molar-refractivity contribution in [3.63, 3.8) is 0 Å². The highest BCUT2D eigenvalue weighted by molar-refractivity contribution is 5.63. The normalized spacial score (nSPS) is 11.9. The van der Waals surface area contributed by atoms with Crippen LogP contribution < -0.4 is 14.2 Å². The molecule has 0 heterocycles. The van der Waals surface area contributed by atoms with Crippen LogP contribution in [-0.2, 0) is 6.54 Å². The van der Waals surface area contributed by atoms with Crippen molar-refractivity contribution in [1.29, 1.82) is 0 Å². The van der Waals surface area contributed by atoms with Gasteiger partial charge in [-0.25, -0.2) is 0 Å². The van der Waals surface area contributed by atoms with Gasteiger partial charge in [0.2, 0.25) is 0 Å². The van der Waals surface area contributed by atoms with Crippen molar-refractivity contribution in [3.05, 3.63) is 78.4 Å². The molecular formula is C25H29NO4. The van der Waals surface area contributed by atoms with E-state index in [0.29, 0.717) is 24.6 Å². The zero-order chi connectivity index (χ0) is 21.3. The van der Waals surface area contributed by atoms with Crippen molar-refractivity contribution in [3.8, 4) is 28.4 Å². The first-order valence-electron chi connectivity index (χ1n) is 9.95. The Balaban J connectivity index is 1.48. The summed E-state index contributed by atoms with van der Waals surface area (Å²) in [6.45, 7) is 1.42. The molecule has 30 heavy (non-hydrogen) atoms. The molecule has 158 valence electrons. The van der Waals surface area contributed by atoms with Gasteiger partial charge in [-0.3, -0.25) is 4.90 Å². The molecule has 0 amide bonds. The fourth-order valence-electron chi connectivity index (χ4n) is 3.33. The Bertz CT molecular complexity index is 912. The van der Waals surface area contributed by atoms with E-state index in [1.165, 1.54) is 5.56 Å². The third-order valence-electron chi connectivity index (χ3n) is 4.83. The minimum Gasteiger partial charge on any atom is -0.493 e. The molecule has 0 aliphatic heterocycles. The SMILES string of the molecule is COc1ccc(CN(C)C[C@@H](O)COc2ccc(-c3ccccc3)cc2)cc1OC. The summed E-state index contributed by atoms with van der Waals surface area (Å²) in [6.07, 6.45) is -0.594. The maximum absolute atomic E-state index is 10.4. The number of ether oxygens (including phenoxy) is 3. The van der Waals surface area contributed by atoms with Crippen LogP contribution in [0.3, 0.4) is 0 Å². The van der Waals surface area contributed by atoms with Gasteiger partial charge in [-0.05, 0) is 48.0 Å². The molecule has 0 unspecified atom stereocenters. The Morgan fingerprint density at radius 2 is 1.50 bits per heavy atom. The molecular weight excluding hydrogens is 378 g/mol. The zero-order valence-corrected chi connectivity index (χ0v) is 17.7. The number of rotatable bonds is 10. The van der Waals surface area contributed by atoms with E-state index in [9.17, 15) is 5.11 Å². The monoisotopic (exact) mass is 407 g/mol. The topological polar surface area (TPSA) is 51.2 Å². The number of aliphatic hydroxyl groups is 1. The van der Waals surface area contributed by atoms with Crippen LogP contribution in [0.4, 0.5) is 0 Å². The molecule has 0 aliphatic rings. The van der Waals surface area contributed by atoms with Crippen molar-refractivity contribution in [2.45, 2.75) is 12.6 Å². The summed E-state index contributed by atoms with van der Waals surface area (Å²) in [7, 11) is 5.21. The zero-order valence-electron chi connectivity index (χ0n) is 17.7. The van der Waals surface area contributed by atoms with Gasteiger partial charge in [0.25, 0.3) is 0 Å². The Hall–Kier alpha value is -3.02. The minimum absolute atomic E-state index is 0.237. The number of benzene rings is 3. The molecule has 5 nitrogen and oxygen atoms in total. The van der Waals surface area contributed by atoms with E-state index in [2.05, 4.69) is 12.1 Å². The number of hydrogen-bond donors (Lipinski definition) is 1. The first kappa shape index (κ1) is 21.7. The number of methoxy groups -OCH3 is 2. The van der Waals surface area contributed by atoms with Gasteiger partial charge in [-0.1, -0.05) is 48.5 Å². The molecule has 3 aromatic carbocycles.